The quantitative estimate of drug-likeness (QED) is 0.632. The van der Waals surface area contributed by atoms with Crippen molar-refractivity contribution in [1.82, 2.24) is 0 Å². The predicted molar refractivity (Wildman–Crippen MR) is 107 cm³/mol. The first-order valence-corrected chi connectivity index (χ1v) is 9.94. The lowest BCUT2D eigenvalue weighted by Gasteiger charge is -2.16. The Hall–Kier alpha value is -3.19. The summed E-state index contributed by atoms with van der Waals surface area (Å²) in [4.78, 5) is 0.169. The molecule has 3 aromatic rings. The van der Waals surface area contributed by atoms with E-state index in [0.29, 0.717) is 23.7 Å². The summed E-state index contributed by atoms with van der Waals surface area (Å²) in [5, 5.41) is 6.70. The second-order valence-electron chi connectivity index (χ2n) is 6.14. The molecular weight excluding hydrogens is 362 g/mol. The number of ether oxygens (including phenoxy) is 1. The van der Waals surface area contributed by atoms with Gasteiger partial charge in [-0.1, -0.05) is 24.3 Å². The molecule has 0 saturated heterocycles. The largest absolute Gasteiger partial charge is 0.497 e. The summed E-state index contributed by atoms with van der Waals surface area (Å²) in [6.07, 6.45) is 0. The third-order valence-corrected chi connectivity index (χ3v) is 5.81. The standard InChI is InChI=1S/C20H19N3O3S/c1-26-15-9-11-16(12-10-15)27(24,25)23-19-8-4-7-18-20(19)22-17-6-3-2-5-14(17)13-21-18/h2-12,21-23H,13H2,1H3. The molecule has 27 heavy (non-hydrogen) atoms. The highest BCUT2D eigenvalue weighted by Crippen LogP contribution is 2.38. The lowest BCUT2D eigenvalue weighted by atomic mass is 10.2. The van der Waals surface area contributed by atoms with Crippen LogP contribution in [0.2, 0.25) is 0 Å². The van der Waals surface area contributed by atoms with E-state index in [1.807, 2.05) is 36.4 Å². The molecule has 0 radical (unpaired) electrons. The van der Waals surface area contributed by atoms with Crippen LogP contribution >= 0.6 is 0 Å². The van der Waals surface area contributed by atoms with Crippen LogP contribution in [0.3, 0.4) is 0 Å². The van der Waals surface area contributed by atoms with Crippen molar-refractivity contribution in [1.29, 1.82) is 0 Å². The van der Waals surface area contributed by atoms with Gasteiger partial charge in [0.1, 0.15) is 5.75 Å². The van der Waals surface area contributed by atoms with Crippen molar-refractivity contribution in [2.24, 2.45) is 0 Å². The number of anilines is 4. The van der Waals surface area contributed by atoms with E-state index in [9.17, 15) is 8.42 Å². The summed E-state index contributed by atoms with van der Waals surface area (Å²) in [5.41, 5.74) is 4.06. The molecule has 6 nitrogen and oxygen atoms in total. The minimum atomic E-state index is -3.73. The van der Waals surface area contributed by atoms with E-state index in [2.05, 4.69) is 15.4 Å². The summed E-state index contributed by atoms with van der Waals surface area (Å²) in [6.45, 7) is 0.658. The molecule has 3 N–H and O–H groups in total. The molecular formula is C20H19N3O3S. The summed E-state index contributed by atoms with van der Waals surface area (Å²) in [6, 6.07) is 19.7. The van der Waals surface area contributed by atoms with E-state index in [1.54, 1.807) is 18.2 Å². The van der Waals surface area contributed by atoms with E-state index in [-0.39, 0.29) is 4.90 Å². The van der Waals surface area contributed by atoms with Crippen LogP contribution in [0.25, 0.3) is 0 Å². The van der Waals surface area contributed by atoms with Gasteiger partial charge in [-0.05, 0) is 48.0 Å². The third kappa shape index (κ3) is 3.41. The second kappa shape index (κ2) is 6.85. The van der Waals surface area contributed by atoms with Crippen LogP contribution in [-0.2, 0) is 16.6 Å². The molecule has 0 atom stereocenters. The third-order valence-electron chi connectivity index (χ3n) is 4.42. The first-order valence-electron chi connectivity index (χ1n) is 8.45. The lowest BCUT2D eigenvalue weighted by molar-refractivity contribution is 0.414. The molecule has 1 heterocycles. The minimum absolute atomic E-state index is 0.169. The molecule has 1 aliphatic rings. The van der Waals surface area contributed by atoms with Gasteiger partial charge in [-0.2, -0.15) is 0 Å². The number of hydrogen-bond acceptors (Lipinski definition) is 5. The van der Waals surface area contributed by atoms with Crippen molar-refractivity contribution >= 4 is 32.8 Å². The van der Waals surface area contributed by atoms with Crippen LogP contribution in [0, 0.1) is 0 Å². The zero-order valence-electron chi connectivity index (χ0n) is 14.7. The minimum Gasteiger partial charge on any atom is -0.497 e. The average molecular weight is 381 g/mol. The van der Waals surface area contributed by atoms with Crippen LogP contribution in [0.4, 0.5) is 22.7 Å². The SMILES string of the molecule is COc1ccc(S(=O)(=O)Nc2cccc3c2Nc2ccccc2CN3)cc1. The highest BCUT2D eigenvalue weighted by atomic mass is 32.2. The maximum absolute atomic E-state index is 12.8. The van der Waals surface area contributed by atoms with Crippen molar-refractivity contribution < 1.29 is 13.2 Å². The number of nitrogens with one attached hydrogen (secondary N) is 3. The highest BCUT2D eigenvalue weighted by molar-refractivity contribution is 7.92. The van der Waals surface area contributed by atoms with Crippen molar-refractivity contribution in [3.05, 3.63) is 72.3 Å². The molecule has 0 unspecified atom stereocenters. The van der Waals surface area contributed by atoms with Crippen LogP contribution in [0.15, 0.2) is 71.6 Å². The Bertz CT molecular complexity index is 1080. The molecule has 0 bridgehead atoms. The fourth-order valence-corrected chi connectivity index (χ4v) is 4.07. The van der Waals surface area contributed by atoms with E-state index in [0.717, 1.165) is 16.9 Å². The van der Waals surface area contributed by atoms with Gasteiger partial charge in [0, 0.05) is 12.2 Å². The lowest BCUT2D eigenvalue weighted by Crippen LogP contribution is -2.14. The van der Waals surface area contributed by atoms with E-state index >= 15 is 0 Å². The van der Waals surface area contributed by atoms with Gasteiger partial charge in [-0.25, -0.2) is 8.42 Å². The van der Waals surface area contributed by atoms with Crippen LogP contribution in [0.1, 0.15) is 5.56 Å². The van der Waals surface area contributed by atoms with E-state index in [1.165, 1.54) is 19.2 Å². The number of fused-ring (bicyclic) bond motifs is 2. The molecule has 138 valence electrons. The molecule has 3 aromatic carbocycles. The molecule has 0 spiro atoms. The van der Waals surface area contributed by atoms with Gasteiger partial charge >= 0.3 is 0 Å². The zero-order chi connectivity index (χ0) is 18.9. The second-order valence-corrected chi connectivity index (χ2v) is 7.83. The molecule has 7 heteroatoms. The van der Waals surface area contributed by atoms with Crippen LogP contribution in [0.5, 0.6) is 5.75 Å². The Morgan fingerprint density at radius 3 is 2.44 bits per heavy atom. The van der Waals surface area contributed by atoms with Crippen LogP contribution in [-0.4, -0.2) is 15.5 Å². The van der Waals surface area contributed by atoms with Gasteiger partial charge < -0.3 is 15.4 Å². The summed E-state index contributed by atoms with van der Waals surface area (Å²) < 4.78 is 33.4. The number of hydrogen-bond donors (Lipinski definition) is 3. The number of sulfonamides is 1. The van der Waals surface area contributed by atoms with Gasteiger partial charge in [0.05, 0.1) is 29.1 Å². The van der Waals surface area contributed by atoms with Gasteiger partial charge in [-0.15, -0.1) is 0 Å². The Labute approximate surface area is 158 Å². The Kier molecular flexibility index (Phi) is 4.37. The highest BCUT2D eigenvalue weighted by Gasteiger charge is 2.20. The average Bonchev–Trinajstić information content (AvgIpc) is 2.88. The van der Waals surface area contributed by atoms with Crippen molar-refractivity contribution in [2.75, 3.05) is 22.5 Å². The number of methoxy groups -OCH3 is 1. The van der Waals surface area contributed by atoms with Crippen molar-refractivity contribution in [3.63, 3.8) is 0 Å². The Morgan fingerprint density at radius 1 is 0.926 bits per heavy atom. The summed E-state index contributed by atoms with van der Waals surface area (Å²) >= 11 is 0. The smallest absolute Gasteiger partial charge is 0.261 e. The maximum Gasteiger partial charge on any atom is 0.261 e. The molecule has 0 amide bonds. The van der Waals surface area contributed by atoms with E-state index in [4.69, 9.17) is 4.74 Å². The Balaban J connectivity index is 1.69. The molecule has 0 saturated carbocycles. The van der Waals surface area contributed by atoms with E-state index < -0.39 is 10.0 Å². The number of benzene rings is 3. The van der Waals surface area contributed by atoms with Crippen molar-refractivity contribution in [3.8, 4) is 5.75 Å². The fourth-order valence-electron chi connectivity index (χ4n) is 3.00. The topological polar surface area (TPSA) is 79.5 Å². The first-order chi connectivity index (χ1) is 13.1. The van der Waals surface area contributed by atoms with Gasteiger partial charge in [-0.3, -0.25) is 4.72 Å². The van der Waals surface area contributed by atoms with Gasteiger partial charge in [0.15, 0.2) is 0 Å². The molecule has 0 aromatic heterocycles. The maximum atomic E-state index is 12.8. The number of para-hydroxylation sites is 2. The molecule has 4 rings (SSSR count). The molecule has 1 aliphatic heterocycles. The fraction of sp³-hybridized carbons (Fsp3) is 0.100. The monoisotopic (exact) mass is 381 g/mol. The normalized spacial score (nSPS) is 12.6. The Morgan fingerprint density at radius 2 is 1.67 bits per heavy atom. The molecule has 0 fully saturated rings. The van der Waals surface area contributed by atoms with Gasteiger partial charge in [0.25, 0.3) is 10.0 Å². The van der Waals surface area contributed by atoms with Crippen LogP contribution < -0.4 is 20.1 Å². The van der Waals surface area contributed by atoms with Crippen molar-refractivity contribution in [2.45, 2.75) is 11.4 Å². The molecule has 0 aliphatic carbocycles. The summed E-state index contributed by atoms with van der Waals surface area (Å²) in [5.74, 6) is 0.602. The summed E-state index contributed by atoms with van der Waals surface area (Å²) in [7, 11) is -2.20. The first kappa shape index (κ1) is 17.2. The zero-order valence-corrected chi connectivity index (χ0v) is 15.5. The van der Waals surface area contributed by atoms with Gasteiger partial charge in [0.2, 0.25) is 0 Å². The predicted octanol–water partition coefficient (Wildman–Crippen LogP) is 4.17. The number of rotatable bonds is 4.